The Kier molecular flexibility index (Phi) is 4.87. The quantitative estimate of drug-likeness (QED) is 0.785. The first kappa shape index (κ1) is 14.5. The number of anilines is 1. The maximum Gasteiger partial charge on any atom is 0.337 e. The van der Waals surface area contributed by atoms with Crippen molar-refractivity contribution in [3.63, 3.8) is 0 Å². The van der Waals surface area contributed by atoms with Crippen molar-refractivity contribution in [1.82, 2.24) is 10.3 Å². The second kappa shape index (κ2) is 7.04. The molecular formula is C15H15N3O3. The van der Waals surface area contributed by atoms with Gasteiger partial charge in [0.05, 0.1) is 11.3 Å². The van der Waals surface area contributed by atoms with Crippen LogP contribution < -0.4 is 10.6 Å². The highest BCUT2D eigenvalue weighted by Crippen LogP contribution is 2.14. The zero-order valence-corrected chi connectivity index (χ0v) is 11.2. The van der Waals surface area contributed by atoms with Crippen LogP contribution in [0.1, 0.15) is 16.1 Å². The lowest BCUT2D eigenvalue weighted by molar-refractivity contribution is 0.0698. The van der Waals surface area contributed by atoms with Gasteiger partial charge in [0.1, 0.15) is 0 Å². The number of carbonyl (C=O) groups is 2. The van der Waals surface area contributed by atoms with Crippen LogP contribution in [0.3, 0.4) is 0 Å². The van der Waals surface area contributed by atoms with Gasteiger partial charge in [-0.1, -0.05) is 18.2 Å². The van der Waals surface area contributed by atoms with Crippen molar-refractivity contribution in [3.8, 4) is 0 Å². The van der Waals surface area contributed by atoms with Gasteiger partial charge in [0.2, 0.25) is 0 Å². The summed E-state index contributed by atoms with van der Waals surface area (Å²) in [5, 5.41) is 14.2. The molecule has 21 heavy (non-hydrogen) atoms. The minimum absolute atomic E-state index is 0.0531. The molecule has 0 spiro atoms. The normalized spacial score (nSPS) is 9.90. The summed E-state index contributed by atoms with van der Waals surface area (Å²) in [7, 11) is 0. The van der Waals surface area contributed by atoms with Crippen LogP contribution in [0, 0.1) is 0 Å². The van der Waals surface area contributed by atoms with Gasteiger partial charge >= 0.3 is 12.0 Å². The third kappa shape index (κ3) is 4.31. The van der Waals surface area contributed by atoms with Gasteiger partial charge in [-0.3, -0.25) is 4.98 Å². The predicted molar refractivity (Wildman–Crippen MR) is 78.4 cm³/mol. The fourth-order valence-corrected chi connectivity index (χ4v) is 1.80. The largest absolute Gasteiger partial charge is 0.478 e. The van der Waals surface area contributed by atoms with Crippen LogP contribution in [-0.4, -0.2) is 28.6 Å². The van der Waals surface area contributed by atoms with Crippen molar-refractivity contribution < 1.29 is 14.7 Å². The molecular weight excluding hydrogens is 270 g/mol. The van der Waals surface area contributed by atoms with E-state index in [0.717, 1.165) is 5.69 Å². The van der Waals surface area contributed by atoms with Gasteiger partial charge in [-0.25, -0.2) is 9.59 Å². The lowest BCUT2D eigenvalue weighted by Gasteiger charge is -2.09. The lowest BCUT2D eigenvalue weighted by Crippen LogP contribution is -2.31. The molecule has 6 nitrogen and oxygen atoms in total. The Labute approximate surface area is 121 Å². The van der Waals surface area contributed by atoms with E-state index < -0.39 is 12.0 Å². The molecule has 0 aliphatic heterocycles. The van der Waals surface area contributed by atoms with Crippen LogP contribution in [0.2, 0.25) is 0 Å². The molecule has 6 heteroatoms. The van der Waals surface area contributed by atoms with Gasteiger partial charge in [-0.15, -0.1) is 0 Å². The van der Waals surface area contributed by atoms with Crippen LogP contribution >= 0.6 is 0 Å². The smallest absolute Gasteiger partial charge is 0.337 e. The summed E-state index contributed by atoms with van der Waals surface area (Å²) >= 11 is 0. The summed E-state index contributed by atoms with van der Waals surface area (Å²) in [5.74, 6) is -1.08. The average Bonchev–Trinajstić information content (AvgIpc) is 2.48. The van der Waals surface area contributed by atoms with E-state index in [1.165, 1.54) is 6.07 Å². The summed E-state index contributed by atoms with van der Waals surface area (Å²) in [6.07, 6.45) is 2.30. The summed E-state index contributed by atoms with van der Waals surface area (Å²) in [6, 6.07) is 11.4. The Hall–Kier alpha value is -2.89. The van der Waals surface area contributed by atoms with Gasteiger partial charge < -0.3 is 15.7 Å². The van der Waals surface area contributed by atoms with E-state index in [0.29, 0.717) is 13.0 Å². The SMILES string of the molecule is O=C(NCCc1ccccn1)Nc1ccccc1C(=O)O. The molecule has 2 aromatic rings. The Bertz CT molecular complexity index is 629. The third-order valence-electron chi connectivity index (χ3n) is 2.80. The van der Waals surface area contributed by atoms with Crippen molar-refractivity contribution in [2.45, 2.75) is 6.42 Å². The zero-order chi connectivity index (χ0) is 15.1. The number of carboxylic acid groups (broad SMARTS) is 1. The third-order valence-corrected chi connectivity index (χ3v) is 2.80. The van der Waals surface area contributed by atoms with Gasteiger partial charge in [0.15, 0.2) is 0 Å². The number of aromatic nitrogens is 1. The second-order valence-corrected chi connectivity index (χ2v) is 4.30. The molecule has 3 N–H and O–H groups in total. The van der Waals surface area contributed by atoms with E-state index in [-0.39, 0.29) is 11.3 Å². The van der Waals surface area contributed by atoms with Crippen molar-refractivity contribution >= 4 is 17.7 Å². The van der Waals surface area contributed by atoms with E-state index in [9.17, 15) is 9.59 Å². The first-order valence-electron chi connectivity index (χ1n) is 6.44. The Morgan fingerprint density at radius 3 is 2.57 bits per heavy atom. The number of nitrogens with zero attached hydrogens (tertiary/aromatic N) is 1. The van der Waals surface area contributed by atoms with E-state index in [4.69, 9.17) is 5.11 Å². The molecule has 0 saturated carbocycles. The molecule has 0 aliphatic carbocycles. The van der Waals surface area contributed by atoms with Crippen LogP contribution in [0.5, 0.6) is 0 Å². The highest BCUT2D eigenvalue weighted by molar-refractivity contribution is 5.99. The molecule has 2 rings (SSSR count). The topological polar surface area (TPSA) is 91.3 Å². The monoisotopic (exact) mass is 285 g/mol. The van der Waals surface area contributed by atoms with Gasteiger partial charge in [0, 0.05) is 24.9 Å². The molecule has 0 atom stereocenters. The van der Waals surface area contributed by atoms with Gasteiger partial charge in [-0.2, -0.15) is 0 Å². The molecule has 108 valence electrons. The van der Waals surface area contributed by atoms with Crippen molar-refractivity contribution in [3.05, 3.63) is 59.9 Å². The number of benzene rings is 1. The molecule has 2 amide bonds. The van der Waals surface area contributed by atoms with Crippen LogP contribution in [0.4, 0.5) is 10.5 Å². The number of carboxylic acids is 1. The number of rotatable bonds is 5. The summed E-state index contributed by atoms with van der Waals surface area (Å²) in [4.78, 5) is 26.9. The fraction of sp³-hybridized carbons (Fsp3) is 0.133. The number of para-hydroxylation sites is 1. The summed E-state index contributed by atoms with van der Waals surface area (Å²) in [6.45, 7) is 0.415. The molecule has 0 saturated heterocycles. The lowest BCUT2D eigenvalue weighted by atomic mass is 10.2. The molecule has 0 aliphatic rings. The molecule has 0 bridgehead atoms. The molecule has 0 fully saturated rings. The number of hydrogen-bond donors (Lipinski definition) is 3. The summed E-state index contributed by atoms with van der Waals surface area (Å²) in [5.41, 5.74) is 1.20. The van der Waals surface area contributed by atoms with Crippen molar-refractivity contribution in [2.75, 3.05) is 11.9 Å². The number of hydrogen-bond acceptors (Lipinski definition) is 3. The van der Waals surface area contributed by atoms with Crippen LogP contribution in [0.15, 0.2) is 48.7 Å². The molecule has 1 aromatic carbocycles. The first-order chi connectivity index (χ1) is 10.2. The average molecular weight is 285 g/mol. The van der Waals surface area contributed by atoms with E-state index >= 15 is 0 Å². The number of amides is 2. The number of urea groups is 1. The first-order valence-corrected chi connectivity index (χ1v) is 6.44. The minimum atomic E-state index is -1.08. The van der Waals surface area contributed by atoms with Crippen molar-refractivity contribution in [2.24, 2.45) is 0 Å². The number of aromatic carboxylic acids is 1. The van der Waals surface area contributed by atoms with Crippen molar-refractivity contribution in [1.29, 1.82) is 0 Å². The number of nitrogens with one attached hydrogen (secondary N) is 2. The van der Waals surface area contributed by atoms with E-state index in [1.807, 2.05) is 18.2 Å². The van der Waals surface area contributed by atoms with Crippen LogP contribution in [0.25, 0.3) is 0 Å². The second-order valence-electron chi connectivity index (χ2n) is 4.30. The zero-order valence-electron chi connectivity index (χ0n) is 11.2. The Morgan fingerprint density at radius 1 is 1.10 bits per heavy atom. The maximum absolute atomic E-state index is 11.7. The fourth-order valence-electron chi connectivity index (χ4n) is 1.80. The molecule has 1 heterocycles. The molecule has 1 aromatic heterocycles. The summed E-state index contributed by atoms with van der Waals surface area (Å²) < 4.78 is 0. The predicted octanol–water partition coefficient (Wildman–Crippen LogP) is 2.14. The minimum Gasteiger partial charge on any atom is -0.478 e. The standard InChI is InChI=1S/C15H15N3O3/c19-14(20)12-6-1-2-7-13(12)18-15(21)17-10-8-11-5-3-4-9-16-11/h1-7,9H,8,10H2,(H,19,20)(H2,17,18,21). The maximum atomic E-state index is 11.7. The van der Waals surface area contributed by atoms with E-state index in [1.54, 1.807) is 24.4 Å². The number of carbonyl (C=O) groups excluding carboxylic acids is 1. The molecule has 0 radical (unpaired) electrons. The highest BCUT2D eigenvalue weighted by Gasteiger charge is 2.11. The Morgan fingerprint density at radius 2 is 1.86 bits per heavy atom. The highest BCUT2D eigenvalue weighted by atomic mass is 16.4. The Balaban J connectivity index is 1.86. The molecule has 0 unspecified atom stereocenters. The van der Waals surface area contributed by atoms with Gasteiger partial charge in [-0.05, 0) is 24.3 Å². The number of pyridine rings is 1. The van der Waals surface area contributed by atoms with E-state index in [2.05, 4.69) is 15.6 Å². The van der Waals surface area contributed by atoms with Gasteiger partial charge in [0.25, 0.3) is 0 Å². The van der Waals surface area contributed by atoms with Crippen LogP contribution in [-0.2, 0) is 6.42 Å².